The zero-order valence-electron chi connectivity index (χ0n) is 13.6. The van der Waals surface area contributed by atoms with Crippen LogP contribution < -0.4 is 5.32 Å². The minimum absolute atomic E-state index is 0.465. The summed E-state index contributed by atoms with van der Waals surface area (Å²) < 4.78 is 0. The normalized spacial score (nSPS) is 27.5. The van der Waals surface area contributed by atoms with E-state index < -0.39 is 0 Å². The average Bonchev–Trinajstić information content (AvgIpc) is 2.92. The molecule has 0 amide bonds. The van der Waals surface area contributed by atoms with Crippen LogP contribution in [0.4, 0.5) is 0 Å². The Labute approximate surface area is 129 Å². The summed E-state index contributed by atoms with van der Waals surface area (Å²) in [5.74, 6) is 0. The van der Waals surface area contributed by atoms with Crippen molar-refractivity contribution in [2.24, 2.45) is 0 Å². The van der Waals surface area contributed by atoms with Gasteiger partial charge in [0.1, 0.15) is 0 Å². The van der Waals surface area contributed by atoms with E-state index in [1.165, 1.54) is 62.7 Å². The van der Waals surface area contributed by atoms with Gasteiger partial charge in [-0.2, -0.15) is 0 Å². The molecule has 1 N–H and O–H groups in total. The van der Waals surface area contributed by atoms with Gasteiger partial charge in [-0.1, -0.05) is 44.0 Å². The highest BCUT2D eigenvalue weighted by molar-refractivity contribution is 5.25. The first kappa shape index (κ1) is 15.1. The van der Waals surface area contributed by atoms with Crippen molar-refractivity contribution >= 4 is 0 Å². The van der Waals surface area contributed by atoms with Crippen LogP contribution in [-0.4, -0.2) is 30.1 Å². The van der Waals surface area contributed by atoms with Crippen LogP contribution in [0.3, 0.4) is 0 Å². The molecule has 2 fully saturated rings. The Morgan fingerprint density at radius 2 is 1.95 bits per heavy atom. The molecule has 0 saturated carbocycles. The van der Waals surface area contributed by atoms with Crippen molar-refractivity contribution < 1.29 is 0 Å². The van der Waals surface area contributed by atoms with Crippen LogP contribution in [0.15, 0.2) is 24.3 Å². The highest BCUT2D eigenvalue weighted by atomic mass is 15.2. The molecule has 0 aromatic heterocycles. The van der Waals surface area contributed by atoms with Crippen molar-refractivity contribution in [1.29, 1.82) is 0 Å². The number of aryl methyl sites for hydroxylation is 1. The monoisotopic (exact) mass is 286 g/mol. The maximum Gasteiger partial charge on any atom is 0.0295 e. The van der Waals surface area contributed by atoms with Crippen LogP contribution in [0.5, 0.6) is 0 Å². The first-order valence-electron chi connectivity index (χ1n) is 8.87. The molecule has 21 heavy (non-hydrogen) atoms. The largest absolute Gasteiger partial charge is 0.306 e. The third-order valence-electron chi connectivity index (χ3n) is 5.34. The fourth-order valence-corrected chi connectivity index (χ4v) is 4.12. The van der Waals surface area contributed by atoms with Gasteiger partial charge in [-0.3, -0.25) is 4.90 Å². The van der Waals surface area contributed by atoms with E-state index in [1.54, 1.807) is 0 Å². The van der Waals surface area contributed by atoms with E-state index >= 15 is 0 Å². The smallest absolute Gasteiger partial charge is 0.0295 e. The fourth-order valence-electron chi connectivity index (χ4n) is 4.12. The zero-order valence-corrected chi connectivity index (χ0v) is 13.6. The van der Waals surface area contributed by atoms with Crippen molar-refractivity contribution in [1.82, 2.24) is 10.2 Å². The molecule has 3 atom stereocenters. The molecule has 3 rings (SSSR count). The Morgan fingerprint density at radius 1 is 1.14 bits per heavy atom. The molecule has 2 heteroatoms. The molecule has 2 aliphatic heterocycles. The lowest BCUT2D eigenvalue weighted by Gasteiger charge is -2.34. The molecule has 3 unspecified atom stereocenters. The second-order valence-electron chi connectivity index (χ2n) is 6.87. The van der Waals surface area contributed by atoms with Crippen LogP contribution in [0.25, 0.3) is 0 Å². The van der Waals surface area contributed by atoms with Crippen LogP contribution in [0.1, 0.15) is 63.1 Å². The van der Waals surface area contributed by atoms with Crippen molar-refractivity contribution in [2.45, 2.75) is 70.5 Å². The standard InChI is InChI=1S/C19H30N2/c1-3-6-16-8-10-17(11-9-16)15(2)20-18-12-14-21-13-5-4-7-19(18)21/h8-11,15,18-20H,3-7,12-14H2,1-2H3. The van der Waals surface area contributed by atoms with E-state index in [0.717, 1.165) is 6.04 Å². The van der Waals surface area contributed by atoms with E-state index in [-0.39, 0.29) is 0 Å². The maximum absolute atomic E-state index is 3.90. The highest BCUT2D eigenvalue weighted by Gasteiger charge is 2.35. The second-order valence-corrected chi connectivity index (χ2v) is 6.87. The Kier molecular flexibility index (Phi) is 4.97. The summed E-state index contributed by atoms with van der Waals surface area (Å²) in [7, 11) is 0. The van der Waals surface area contributed by atoms with Gasteiger partial charge >= 0.3 is 0 Å². The molecule has 0 bridgehead atoms. The van der Waals surface area contributed by atoms with Crippen LogP contribution in [-0.2, 0) is 6.42 Å². The Hall–Kier alpha value is -0.860. The van der Waals surface area contributed by atoms with Crippen LogP contribution in [0.2, 0.25) is 0 Å². The molecule has 0 radical (unpaired) electrons. The number of nitrogens with zero attached hydrogens (tertiary/aromatic N) is 1. The van der Waals surface area contributed by atoms with Crippen LogP contribution >= 0.6 is 0 Å². The van der Waals surface area contributed by atoms with E-state index in [0.29, 0.717) is 12.1 Å². The SMILES string of the molecule is CCCc1ccc(C(C)NC2CCN3CCCCC23)cc1. The molecule has 1 aromatic carbocycles. The van der Waals surface area contributed by atoms with Gasteiger partial charge in [0.15, 0.2) is 0 Å². The van der Waals surface area contributed by atoms with Crippen molar-refractivity contribution in [3.63, 3.8) is 0 Å². The number of piperidine rings is 1. The first-order chi connectivity index (χ1) is 10.3. The molecular formula is C19H30N2. The summed E-state index contributed by atoms with van der Waals surface area (Å²) in [5.41, 5.74) is 2.90. The number of hydrogen-bond donors (Lipinski definition) is 1. The predicted octanol–water partition coefficient (Wildman–Crippen LogP) is 3.92. The highest BCUT2D eigenvalue weighted by Crippen LogP contribution is 2.29. The minimum atomic E-state index is 0.465. The summed E-state index contributed by atoms with van der Waals surface area (Å²) in [5, 5.41) is 3.90. The summed E-state index contributed by atoms with van der Waals surface area (Å²) >= 11 is 0. The van der Waals surface area contributed by atoms with Gasteiger partial charge in [-0.25, -0.2) is 0 Å². The topological polar surface area (TPSA) is 15.3 Å². The molecule has 2 heterocycles. The first-order valence-corrected chi connectivity index (χ1v) is 8.87. The third-order valence-corrected chi connectivity index (χ3v) is 5.34. The Balaban J connectivity index is 1.59. The number of nitrogens with one attached hydrogen (secondary N) is 1. The molecular weight excluding hydrogens is 256 g/mol. The van der Waals surface area contributed by atoms with Crippen molar-refractivity contribution in [3.8, 4) is 0 Å². The number of rotatable bonds is 5. The van der Waals surface area contributed by atoms with Gasteiger partial charge in [0, 0.05) is 24.7 Å². The van der Waals surface area contributed by atoms with E-state index in [4.69, 9.17) is 0 Å². The lowest BCUT2D eigenvalue weighted by atomic mass is 9.97. The van der Waals surface area contributed by atoms with Gasteiger partial charge in [-0.15, -0.1) is 0 Å². The summed E-state index contributed by atoms with van der Waals surface area (Å²) in [6.07, 6.45) is 7.95. The van der Waals surface area contributed by atoms with E-state index in [1.807, 2.05) is 0 Å². The quantitative estimate of drug-likeness (QED) is 0.882. The summed E-state index contributed by atoms with van der Waals surface area (Å²) in [4.78, 5) is 2.71. The van der Waals surface area contributed by atoms with Gasteiger partial charge in [0.2, 0.25) is 0 Å². The predicted molar refractivity (Wildman–Crippen MR) is 89.6 cm³/mol. The molecule has 0 aliphatic carbocycles. The lowest BCUT2D eigenvalue weighted by molar-refractivity contribution is 0.177. The maximum atomic E-state index is 3.90. The van der Waals surface area contributed by atoms with Gasteiger partial charge in [-0.05, 0) is 50.3 Å². The molecule has 1 aromatic rings. The zero-order chi connectivity index (χ0) is 14.7. The van der Waals surface area contributed by atoms with E-state index in [2.05, 4.69) is 48.3 Å². The van der Waals surface area contributed by atoms with Gasteiger partial charge < -0.3 is 5.32 Å². The van der Waals surface area contributed by atoms with Crippen LogP contribution in [0, 0.1) is 0 Å². The molecule has 0 spiro atoms. The Morgan fingerprint density at radius 3 is 2.71 bits per heavy atom. The van der Waals surface area contributed by atoms with Gasteiger partial charge in [0.25, 0.3) is 0 Å². The lowest BCUT2D eigenvalue weighted by Crippen LogP contribution is -2.45. The number of fused-ring (bicyclic) bond motifs is 1. The van der Waals surface area contributed by atoms with Crippen molar-refractivity contribution in [3.05, 3.63) is 35.4 Å². The molecule has 2 nitrogen and oxygen atoms in total. The molecule has 116 valence electrons. The molecule has 2 saturated heterocycles. The Bertz CT molecular complexity index is 439. The summed E-state index contributed by atoms with van der Waals surface area (Å²) in [6, 6.07) is 11.2. The third kappa shape index (κ3) is 3.49. The van der Waals surface area contributed by atoms with Gasteiger partial charge in [0.05, 0.1) is 0 Å². The minimum Gasteiger partial charge on any atom is -0.306 e. The van der Waals surface area contributed by atoms with E-state index in [9.17, 15) is 0 Å². The number of hydrogen-bond acceptors (Lipinski definition) is 2. The average molecular weight is 286 g/mol. The second kappa shape index (κ2) is 6.93. The molecule has 2 aliphatic rings. The van der Waals surface area contributed by atoms with Crippen molar-refractivity contribution in [2.75, 3.05) is 13.1 Å². The fraction of sp³-hybridized carbons (Fsp3) is 0.684. The summed E-state index contributed by atoms with van der Waals surface area (Å²) in [6.45, 7) is 7.18. The number of benzene rings is 1.